The van der Waals surface area contributed by atoms with Gasteiger partial charge in [-0.05, 0) is 18.4 Å². The Kier molecular flexibility index (Phi) is 5.00. The van der Waals surface area contributed by atoms with E-state index in [0.29, 0.717) is 17.2 Å². The highest BCUT2D eigenvalue weighted by Crippen LogP contribution is 2.18. The Morgan fingerprint density at radius 3 is 2.62 bits per heavy atom. The zero-order valence-corrected chi connectivity index (χ0v) is 14.5. The number of nitrogens with zero attached hydrogens (tertiary/aromatic N) is 4. The molecule has 1 N–H and O–H groups in total. The van der Waals surface area contributed by atoms with Gasteiger partial charge >= 0.3 is 0 Å². The van der Waals surface area contributed by atoms with Crippen molar-refractivity contribution in [3.05, 3.63) is 58.4 Å². The van der Waals surface area contributed by atoms with Gasteiger partial charge in [0.2, 0.25) is 5.13 Å². The van der Waals surface area contributed by atoms with Crippen molar-refractivity contribution in [2.24, 2.45) is 0 Å². The molecule has 0 fully saturated rings. The second-order valence-corrected chi connectivity index (χ2v) is 6.37. The number of anilines is 1. The van der Waals surface area contributed by atoms with Crippen molar-refractivity contribution in [1.29, 1.82) is 0 Å². The van der Waals surface area contributed by atoms with Crippen LogP contribution in [-0.4, -0.2) is 25.9 Å². The summed E-state index contributed by atoms with van der Waals surface area (Å²) in [4.78, 5) is 12.5. The van der Waals surface area contributed by atoms with E-state index in [-0.39, 0.29) is 5.91 Å². The molecule has 0 radical (unpaired) electrons. The number of hydrogen-bond donors (Lipinski definition) is 1. The Morgan fingerprint density at radius 1 is 1.17 bits per heavy atom. The Morgan fingerprint density at radius 2 is 1.96 bits per heavy atom. The van der Waals surface area contributed by atoms with Gasteiger partial charge < -0.3 is 0 Å². The highest BCUT2D eigenvalue weighted by molar-refractivity contribution is 7.15. The third kappa shape index (κ3) is 3.51. The van der Waals surface area contributed by atoms with E-state index in [0.717, 1.165) is 29.1 Å². The average molecular weight is 341 g/mol. The van der Waals surface area contributed by atoms with Gasteiger partial charge in [-0.3, -0.25) is 14.8 Å². The highest BCUT2D eigenvalue weighted by Gasteiger charge is 2.18. The normalized spacial score (nSPS) is 10.8. The molecule has 3 aromatic rings. The summed E-state index contributed by atoms with van der Waals surface area (Å²) in [7, 11) is 0. The van der Waals surface area contributed by atoms with Gasteiger partial charge in [-0.1, -0.05) is 55.5 Å². The number of carbonyl (C=O) groups is 1. The number of aryl methyl sites for hydroxylation is 1. The molecule has 0 aliphatic carbocycles. The predicted octanol–water partition coefficient (Wildman–Crippen LogP) is 3.16. The highest BCUT2D eigenvalue weighted by atomic mass is 32.1. The van der Waals surface area contributed by atoms with Crippen molar-refractivity contribution in [3.8, 4) is 0 Å². The Bertz CT molecular complexity index is 825. The van der Waals surface area contributed by atoms with Gasteiger partial charge in [-0.2, -0.15) is 5.10 Å². The number of amides is 1. The summed E-state index contributed by atoms with van der Waals surface area (Å²) in [6, 6.07) is 10.1. The zero-order chi connectivity index (χ0) is 16.9. The summed E-state index contributed by atoms with van der Waals surface area (Å²) >= 11 is 1.40. The molecule has 0 aliphatic heterocycles. The second kappa shape index (κ2) is 7.35. The third-order valence-electron chi connectivity index (χ3n) is 3.69. The summed E-state index contributed by atoms with van der Waals surface area (Å²) in [5.74, 6) is -0.190. The van der Waals surface area contributed by atoms with Crippen LogP contribution in [0.4, 0.5) is 5.13 Å². The van der Waals surface area contributed by atoms with Crippen LogP contribution in [0.25, 0.3) is 0 Å². The van der Waals surface area contributed by atoms with Crippen LogP contribution in [0.1, 0.15) is 40.5 Å². The fourth-order valence-electron chi connectivity index (χ4n) is 2.48. The quantitative estimate of drug-likeness (QED) is 0.747. The molecule has 0 saturated heterocycles. The van der Waals surface area contributed by atoms with Crippen LogP contribution in [-0.2, 0) is 19.4 Å². The molecule has 1 amide bonds. The average Bonchev–Trinajstić information content (AvgIpc) is 3.22. The lowest BCUT2D eigenvalue weighted by molar-refractivity contribution is 0.102. The lowest BCUT2D eigenvalue weighted by atomic mass is 10.2. The fraction of sp³-hybridized carbons (Fsp3) is 0.294. The summed E-state index contributed by atoms with van der Waals surface area (Å²) < 4.78 is 1.88. The van der Waals surface area contributed by atoms with Crippen LogP contribution >= 0.6 is 11.3 Å². The minimum absolute atomic E-state index is 0.190. The number of nitrogens with one attached hydrogen (secondary N) is 1. The maximum Gasteiger partial charge on any atom is 0.260 e. The smallest absolute Gasteiger partial charge is 0.260 e. The zero-order valence-electron chi connectivity index (χ0n) is 13.7. The van der Waals surface area contributed by atoms with Crippen LogP contribution in [0.15, 0.2) is 36.5 Å². The molecule has 0 unspecified atom stereocenters. The molecule has 1 aromatic carbocycles. The fourth-order valence-corrected chi connectivity index (χ4v) is 3.15. The first-order chi connectivity index (χ1) is 11.7. The monoisotopic (exact) mass is 341 g/mol. The van der Waals surface area contributed by atoms with E-state index in [1.165, 1.54) is 11.3 Å². The molecule has 0 bridgehead atoms. The molecule has 0 spiro atoms. The molecular weight excluding hydrogens is 322 g/mol. The molecular formula is C17H19N5OS. The van der Waals surface area contributed by atoms with E-state index >= 15 is 0 Å². The first kappa shape index (κ1) is 16.3. The minimum Gasteiger partial charge on any atom is -0.296 e. The molecule has 0 atom stereocenters. The van der Waals surface area contributed by atoms with Gasteiger partial charge in [-0.15, -0.1) is 10.2 Å². The van der Waals surface area contributed by atoms with E-state index < -0.39 is 0 Å². The van der Waals surface area contributed by atoms with Gasteiger partial charge in [0.05, 0.1) is 24.0 Å². The summed E-state index contributed by atoms with van der Waals surface area (Å²) in [6.07, 6.45) is 3.16. The molecule has 7 heteroatoms. The van der Waals surface area contributed by atoms with Gasteiger partial charge in [0.1, 0.15) is 5.01 Å². The summed E-state index contributed by atoms with van der Waals surface area (Å²) in [6.45, 7) is 4.68. The molecule has 6 nitrogen and oxygen atoms in total. The summed E-state index contributed by atoms with van der Waals surface area (Å²) in [5.41, 5.74) is 2.65. The lowest BCUT2D eigenvalue weighted by Crippen LogP contribution is -2.15. The van der Waals surface area contributed by atoms with E-state index in [1.807, 2.05) is 48.9 Å². The molecule has 0 saturated carbocycles. The Hall–Kier alpha value is -2.54. The largest absolute Gasteiger partial charge is 0.296 e. The maximum absolute atomic E-state index is 12.5. The van der Waals surface area contributed by atoms with Gasteiger partial charge in [0.25, 0.3) is 5.91 Å². The SMILES string of the molecule is CCc1nnc(NC(=O)c2cnn(Cc3ccccc3)c2CC)s1. The molecule has 2 heterocycles. The Labute approximate surface area is 144 Å². The van der Waals surface area contributed by atoms with E-state index in [1.54, 1.807) is 6.20 Å². The van der Waals surface area contributed by atoms with Gasteiger partial charge in [0.15, 0.2) is 0 Å². The van der Waals surface area contributed by atoms with Gasteiger partial charge in [-0.25, -0.2) is 0 Å². The Balaban J connectivity index is 1.79. The van der Waals surface area contributed by atoms with E-state index in [2.05, 4.69) is 20.6 Å². The second-order valence-electron chi connectivity index (χ2n) is 5.31. The number of benzene rings is 1. The van der Waals surface area contributed by atoms with E-state index in [4.69, 9.17) is 0 Å². The third-order valence-corrected chi connectivity index (χ3v) is 4.68. The van der Waals surface area contributed by atoms with Crippen LogP contribution in [0.5, 0.6) is 0 Å². The van der Waals surface area contributed by atoms with Crippen molar-refractivity contribution in [1.82, 2.24) is 20.0 Å². The van der Waals surface area contributed by atoms with Crippen LogP contribution in [0, 0.1) is 0 Å². The van der Waals surface area contributed by atoms with Crippen molar-refractivity contribution in [2.75, 3.05) is 5.32 Å². The van der Waals surface area contributed by atoms with Crippen molar-refractivity contribution >= 4 is 22.4 Å². The molecule has 124 valence electrons. The number of rotatable bonds is 6. The van der Waals surface area contributed by atoms with Crippen molar-refractivity contribution < 1.29 is 4.79 Å². The molecule has 24 heavy (non-hydrogen) atoms. The van der Waals surface area contributed by atoms with Crippen molar-refractivity contribution in [2.45, 2.75) is 33.2 Å². The number of hydrogen-bond acceptors (Lipinski definition) is 5. The molecule has 2 aromatic heterocycles. The number of carbonyl (C=O) groups excluding carboxylic acids is 1. The van der Waals surface area contributed by atoms with Crippen LogP contribution in [0.2, 0.25) is 0 Å². The lowest BCUT2D eigenvalue weighted by Gasteiger charge is -2.08. The molecule has 0 aliphatic rings. The first-order valence-electron chi connectivity index (χ1n) is 7.93. The van der Waals surface area contributed by atoms with Crippen molar-refractivity contribution in [3.63, 3.8) is 0 Å². The molecule has 3 rings (SSSR count). The topological polar surface area (TPSA) is 72.7 Å². The first-order valence-corrected chi connectivity index (χ1v) is 8.75. The van der Waals surface area contributed by atoms with Gasteiger partial charge in [0, 0.05) is 0 Å². The summed E-state index contributed by atoms with van der Waals surface area (Å²) in [5, 5.41) is 16.6. The maximum atomic E-state index is 12.5. The number of aromatic nitrogens is 4. The van der Waals surface area contributed by atoms with Crippen LogP contribution in [0.3, 0.4) is 0 Å². The minimum atomic E-state index is -0.190. The predicted molar refractivity (Wildman–Crippen MR) is 94.4 cm³/mol. The van der Waals surface area contributed by atoms with E-state index in [9.17, 15) is 4.79 Å². The standard InChI is InChI=1S/C17H19N5OS/c1-3-14-13(16(23)19-17-21-20-15(4-2)24-17)10-18-22(14)11-12-8-6-5-7-9-12/h5-10H,3-4,11H2,1-2H3,(H,19,21,23). The van der Waals surface area contributed by atoms with Crippen LogP contribution < -0.4 is 5.32 Å².